The first-order chi connectivity index (χ1) is 16.0. The van der Waals surface area contributed by atoms with E-state index < -0.39 is 29.5 Å². The van der Waals surface area contributed by atoms with E-state index in [1.54, 1.807) is 30.3 Å². The Morgan fingerprint density at radius 3 is 2.70 bits per heavy atom. The summed E-state index contributed by atoms with van der Waals surface area (Å²) in [7, 11) is 0. The van der Waals surface area contributed by atoms with Crippen molar-refractivity contribution in [1.29, 1.82) is 0 Å². The van der Waals surface area contributed by atoms with Gasteiger partial charge >= 0.3 is 5.69 Å². The van der Waals surface area contributed by atoms with Crippen LogP contribution in [0.3, 0.4) is 0 Å². The van der Waals surface area contributed by atoms with E-state index in [2.05, 4.69) is 10.3 Å². The molecule has 0 fully saturated rings. The molecule has 0 saturated carbocycles. The predicted octanol–water partition coefficient (Wildman–Crippen LogP) is 2.11. The maximum atomic E-state index is 13.9. The monoisotopic (exact) mass is 448 g/mol. The third-order valence-corrected chi connectivity index (χ3v) is 5.21. The second-order valence-electron chi connectivity index (χ2n) is 7.35. The van der Waals surface area contributed by atoms with Crippen LogP contribution in [0, 0.1) is 5.82 Å². The molecule has 0 aliphatic carbocycles. The molecule has 1 aliphatic heterocycles. The van der Waals surface area contributed by atoms with Gasteiger partial charge in [-0.3, -0.25) is 18.7 Å². The first-order valence-electron chi connectivity index (χ1n) is 10.0. The molecule has 0 atom stereocenters. The summed E-state index contributed by atoms with van der Waals surface area (Å²) < 4.78 is 26.7. The van der Waals surface area contributed by atoms with E-state index in [0.29, 0.717) is 17.1 Å². The molecule has 4 aromatic rings. The summed E-state index contributed by atoms with van der Waals surface area (Å²) in [5.74, 6) is -0.129. The number of pyridine rings is 1. The van der Waals surface area contributed by atoms with Crippen LogP contribution in [-0.2, 0) is 17.9 Å². The molecule has 166 valence electrons. The van der Waals surface area contributed by atoms with Gasteiger partial charge in [0, 0.05) is 6.20 Å². The molecule has 0 saturated heterocycles. The Hall–Kier alpha value is -4.47. The van der Waals surface area contributed by atoms with Crippen LogP contribution in [0.1, 0.15) is 5.56 Å². The molecule has 1 aliphatic rings. The van der Waals surface area contributed by atoms with Gasteiger partial charge in [0.15, 0.2) is 17.0 Å². The third-order valence-electron chi connectivity index (χ3n) is 5.21. The SMILES string of the molecule is O=C(Cn1c(=O)n(Cc2ccc3c(c2)OCO3)c(=O)c2ncccc21)Nc1ccccc1F. The number of amides is 1. The molecule has 0 spiro atoms. The smallest absolute Gasteiger partial charge is 0.332 e. The Morgan fingerprint density at radius 2 is 1.85 bits per heavy atom. The summed E-state index contributed by atoms with van der Waals surface area (Å²) in [6.45, 7) is -0.394. The number of hydrogen-bond donors (Lipinski definition) is 1. The molecule has 3 heterocycles. The van der Waals surface area contributed by atoms with E-state index in [9.17, 15) is 18.8 Å². The Balaban J connectivity index is 1.54. The third kappa shape index (κ3) is 3.82. The maximum Gasteiger partial charge on any atom is 0.332 e. The number of benzene rings is 2. The number of nitrogens with zero attached hydrogens (tertiary/aromatic N) is 3. The fourth-order valence-electron chi connectivity index (χ4n) is 3.65. The summed E-state index contributed by atoms with van der Waals surface area (Å²) in [6.07, 6.45) is 1.43. The number of fused-ring (bicyclic) bond motifs is 2. The molecule has 5 rings (SSSR count). The minimum absolute atomic E-state index is 0.00772. The number of rotatable bonds is 5. The number of para-hydroxylation sites is 1. The fraction of sp³-hybridized carbons (Fsp3) is 0.130. The standard InChI is InChI=1S/C23H17FN4O5/c24-15-4-1-2-5-16(15)26-20(29)12-27-17-6-3-9-25-21(17)22(30)28(23(27)31)11-14-7-8-18-19(10-14)33-13-32-18/h1-10H,11-13H2,(H,26,29). The van der Waals surface area contributed by atoms with Gasteiger partial charge in [-0.05, 0) is 42.0 Å². The second kappa shape index (κ2) is 8.23. The van der Waals surface area contributed by atoms with Crippen LogP contribution >= 0.6 is 0 Å². The molecular weight excluding hydrogens is 431 g/mol. The molecule has 2 aromatic carbocycles. The number of carbonyl (C=O) groups excluding carboxylic acids is 1. The van der Waals surface area contributed by atoms with Crippen LogP contribution in [0.5, 0.6) is 11.5 Å². The highest BCUT2D eigenvalue weighted by Crippen LogP contribution is 2.32. The lowest BCUT2D eigenvalue weighted by Gasteiger charge is -2.14. The number of hydrogen-bond acceptors (Lipinski definition) is 6. The molecule has 1 amide bonds. The zero-order valence-electron chi connectivity index (χ0n) is 17.2. The van der Waals surface area contributed by atoms with Gasteiger partial charge < -0.3 is 14.8 Å². The van der Waals surface area contributed by atoms with E-state index in [1.807, 2.05) is 0 Å². The number of nitrogens with one attached hydrogen (secondary N) is 1. The minimum Gasteiger partial charge on any atom is -0.454 e. The Kier molecular flexibility index (Phi) is 5.09. The summed E-state index contributed by atoms with van der Waals surface area (Å²) in [6, 6.07) is 13.9. The molecule has 10 heteroatoms. The van der Waals surface area contributed by atoms with E-state index in [-0.39, 0.29) is 30.1 Å². The van der Waals surface area contributed by atoms with Gasteiger partial charge in [0.2, 0.25) is 12.7 Å². The lowest BCUT2D eigenvalue weighted by atomic mass is 10.2. The van der Waals surface area contributed by atoms with Gasteiger partial charge in [-0.15, -0.1) is 0 Å². The second-order valence-corrected chi connectivity index (χ2v) is 7.35. The van der Waals surface area contributed by atoms with Crippen molar-refractivity contribution < 1.29 is 18.7 Å². The molecule has 0 unspecified atom stereocenters. The topological polar surface area (TPSA) is 104 Å². The van der Waals surface area contributed by atoms with E-state index in [1.165, 1.54) is 30.5 Å². The van der Waals surface area contributed by atoms with Crippen molar-refractivity contribution in [2.45, 2.75) is 13.1 Å². The highest BCUT2D eigenvalue weighted by atomic mass is 19.1. The summed E-state index contributed by atoms with van der Waals surface area (Å²) in [5.41, 5.74) is -0.404. The lowest BCUT2D eigenvalue weighted by Crippen LogP contribution is -2.42. The van der Waals surface area contributed by atoms with Gasteiger partial charge in [0.25, 0.3) is 5.56 Å². The predicted molar refractivity (Wildman–Crippen MR) is 117 cm³/mol. The first-order valence-corrected chi connectivity index (χ1v) is 10.0. The maximum absolute atomic E-state index is 13.9. The quantitative estimate of drug-likeness (QED) is 0.502. The van der Waals surface area contributed by atoms with Crippen molar-refractivity contribution in [3.05, 3.63) is 93.0 Å². The summed E-state index contributed by atoms with van der Waals surface area (Å²) in [4.78, 5) is 43.1. The van der Waals surface area contributed by atoms with Crippen molar-refractivity contribution in [2.75, 3.05) is 12.1 Å². The minimum atomic E-state index is -0.693. The van der Waals surface area contributed by atoms with Crippen molar-refractivity contribution in [3.8, 4) is 11.5 Å². The fourth-order valence-corrected chi connectivity index (χ4v) is 3.65. The largest absolute Gasteiger partial charge is 0.454 e. The molecule has 9 nitrogen and oxygen atoms in total. The number of anilines is 1. The average Bonchev–Trinajstić information content (AvgIpc) is 3.29. The highest BCUT2D eigenvalue weighted by molar-refractivity contribution is 5.91. The molecule has 2 aromatic heterocycles. The van der Waals surface area contributed by atoms with Crippen LogP contribution in [0.15, 0.2) is 70.4 Å². The van der Waals surface area contributed by atoms with Crippen molar-refractivity contribution in [2.24, 2.45) is 0 Å². The first kappa shape index (κ1) is 20.4. The molecule has 33 heavy (non-hydrogen) atoms. The van der Waals surface area contributed by atoms with E-state index in [0.717, 1.165) is 9.13 Å². The molecular formula is C23H17FN4O5. The van der Waals surface area contributed by atoms with E-state index >= 15 is 0 Å². The normalized spacial score (nSPS) is 12.2. The number of halogens is 1. The zero-order chi connectivity index (χ0) is 22.9. The highest BCUT2D eigenvalue weighted by Gasteiger charge is 2.19. The number of ether oxygens (including phenoxy) is 2. The van der Waals surface area contributed by atoms with Crippen molar-refractivity contribution >= 4 is 22.6 Å². The number of aromatic nitrogens is 3. The van der Waals surface area contributed by atoms with Gasteiger partial charge in [0.05, 0.1) is 17.7 Å². The molecule has 1 N–H and O–H groups in total. The van der Waals surface area contributed by atoms with Crippen molar-refractivity contribution in [3.63, 3.8) is 0 Å². The van der Waals surface area contributed by atoms with Crippen LogP contribution in [0.4, 0.5) is 10.1 Å². The average molecular weight is 448 g/mol. The van der Waals surface area contributed by atoms with Gasteiger partial charge in [-0.25, -0.2) is 14.2 Å². The molecule has 0 bridgehead atoms. The number of carbonyl (C=O) groups is 1. The van der Waals surface area contributed by atoms with Crippen molar-refractivity contribution in [1.82, 2.24) is 14.1 Å². The summed E-state index contributed by atoms with van der Waals surface area (Å²) in [5, 5.41) is 2.45. The Morgan fingerprint density at radius 1 is 1.03 bits per heavy atom. The summed E-state index contributed by atoms with van der Waals surface area (Å²) >= 11 is 0. The molecule has 0 radical (unpaired) electrons. The van der Waals surface area contributed by atoms with Crippen LogP contribution < -0.4 is 26.0 Å². The van der Waals surface area contributed by atoms with Gasteiger partial charge in [-0.2, -0.15) is 0 Å². The van der Waals surface area contributed by atoms with E-state index in [4.69, 9.17) is 9.47 Å². The van der Waals surface area contributed by atoms with Gasteiger partial charge in [-0.1, -0.05) is 18.2 Å². The van der Waals surface area contributed by atoms with Gasteiger partial charge in [0.1, 0.15) is 12.4 Å². The zero-order valence-corrected chi connectivity index (χ0v) is 17.2. The lowest BCUT2D eigenvalue weighted by molar-refractivity contribution is -0.116. The van der Waals surface area contributed by atoms with Crippen LogP contribution in [0.25, 0.3) is 11.0 Å². The van der Waals surface area contributed by atoms with Crippen LogP contribution in [0.2, 0.25) is 0 Å². The Labute approximate surface area is 185 Å². The van der Waals surface area contributed by atoms with Crippen LogP contribution in [-0.4, -0.2) is 26.8 Å². The Bertz CT molecular complexity index is 1510.